The summed E-state index contributed by atoms with van der Waals surface area (Å²) in [5, 5.41) is 18.0. The van der Waals surface area contributed by atoms with E-state index in [4.69, 9.17) is 15.9 Å². The fourth-order valence-corrected chi connectivity index (χ4v) is 1.85. The van der Waals surface area contributed by atoms with Crippen LogP contribution in [0.15, 0.2) is 24.3 Å². The summed E-state index contributed by atoms with van der Waals surface area (Å²) in [5.74, 6) is -0.0220. The normalized spacial score (nSPS) is 12.2. The first kappa shape index (κ1) is 15.6. The third-order valence-corrected chi connectivity index (χ3v) is 3.02. The summed E-state index contributed by atoms with van der Waals surface area (Å²) in [6.45, 7) is 2.52. The summed E-state index contributed by atoms with van der Waals surface area (Å²) in [6.07, 6.45) is 0.523. The molecule has 1 aromatic rings. The van der Waals surface area contributed by atoms with Gasteiger partial charge in [-0.05, 0) is 31.0 Å². The van der Waals surface area contributed by atoms with E-state index in [0.29, 0.717) is 19.5 Å². The quantitative estimate of drug-likeness (QED) is 0.613. The molecule has 1 aromatic carbocycles. The minimum atomic E-state index is -0.461. The molecule has 0 aliphatic heterocycles. The van der Waals surface area contributed by atoms with Crippen LogP contribution in [0.2, 0.25) is 0 Å². The standard InChI is InChI=1S/C14H22N2O3/c1-11(19)14(15)10-12-2-4-13(5-3-12)16(6-8-17)7-9-18/h2-5,14,17-18H,6-10,15H2,1H3/t14-/m1/s1. The van der Waals surface area contributed by atoms with Crippen molar-refractivity contribution < 1.29 is 15.0 Å². The summed E-state index contributed by atoms with van der Waals surface area (Å²) < 4.78 is 0. The molecule has 19 heavy (non-hydrogen) atoms. The van der Waals surface area contributed by atoms with Gasteiger partial charge in [0.25, 0.3) is 0 Å². The Morgan fingerprint density at radius 2 is 1.74 bits per heavy atom. The average molecular weight is 266 g/mol. The Balaban J connectivity index is 2.71. The van der Waals surface area contributed by atoms with Crippen LogP contribution in [0, 0.1) is 0 Å². The van der Waals surface area contributed by atoms with E-state index in [1.807, 2.05) is 29.2 Å². The summed E-state index contributed by atoms with van der Waals surface area (Å²) in [5.41, 5.74) is 7.65. The predicted octanol–water partition coefficient (Wildman–Crippen LogP) is -0.0636. The highest BCUT2D eigenvalue weighted by molar-refractivity contribution is 5.81. The van der Waals surface area contributed by atoms with Crippen LogP contribution in [0.5, 0.6) is 0 Å². The number of nitrogens with zero attached hydrogens (tertiary/aromatic N) is 1. The Morgan fingerprint density at radius 1 is 1.21 bits per heavy atom. The van der Waals surface area contributed by atoms with Crippen molar-refractivity contribution >= 4 is 11.5 Å². The monoisotopic (exact) mass is 266 g/mol. The third kappa shape index (κ3) is 4.98. The zero-order chi connectivity index (χ0) is 14.3. The van der Waals surface area contributed by atoms with Crippen LogP contribution >= 0.6 is 0 Å². The molecule has 0 radical (unpaired) electrons. The van der Waals surface area contributed by atoms with Crippen LogP contribution in [0.4, 0.5) is 5.69 Å². The minimum Gasteiger partial charge on any atom is -0.395 e. The van der Waals surface area contributed by atoms with Gasteiger partial charge in [-0.25, -0.2) is 0 Å². The minimum absolute atomic E-state index is 0.0220. The number of benzene rings is 1. The number of ketones is 1. The second kappa shape index (κ2) is 7.89. The lowest BCUT2D eigenvalue weighted by Gasteiger charge is -2.23. The van der Waals surface area contributed by atoms with Crippen molar-refractivity contribution in [1.29, 1.82) is 0 Å². The van der Waals surface area contributed by atoms with Gasteiger partial charge in [-0.2, -0.15) is 0 Å². The number of rotatable bonds is 8. The largest absolute Gasteiger partial charge is 0.395 e. The van der Waals surface area contributed by atoms with Crippen LogP contribution in [0.1, 0.15) is 12.5 Å². The van der Waals surface area contributed by atoms with Crippen LogP contribution in [-0.4, -0.2) is 48.3 Å². The zero-order valence-corrected chi connectivity index (χ0v) is 11.2. The van der Waals surface area contributed by atoms with E-state index in [2.05, 4.69) is 0 Å². The Morgan fingerprint density at radius 3 is 2.16 bits per heavy atom. The van der Waals surface area contributed by atoms with Crippen molar-refractivity contribution in [2.75, 3.05) is 31.2 Å². The summed E-state index contributed by atoms with van der Waals surface area (Å²) in [6, 6.07) is 7.19. The van der Waals surface area contributed by atoms with E-state index in [9.17, 15) is 4.79 Å². The van der Waals surface area contributed by atoms with Gasteiger partial charge in [0.05, 0.1) is 19.3 Å². The Kier molecular flexibility index (Phi) is 6.49. The van der Waals surface area contributed by atoms with Crippen LogP contribution in [0.25, 0.3) is 0 Å². The highest BCUT2D eigenvalue weighted by Gasteiger charge is 2.10. The van der Waals surface area contributed by atoms with Gasteiger partial charge in [-0.1, -0.05) is 12.1 Å². The molecule has 1 rings (SSSR count). The Bertz CT molecular complexity index is 386. The van der Waals surface area contributed by atoms with Crippen molar-refractivity contribution in [3.05, 3.63) is 29.8 Å². The molecule has 0 fully saturated rings. The maximum absolute atomic E-state index is 11.1. The first-order chi connectivity index (χ1) is 9.08. The van der Waals surface area contributed by atoms with Gasteiger partial charge in [0.2, 0.25) is 0 Å². The number of aliphatic hydroxyl groups is 2. The third-order valence-electron chi connectivity index (χ3n) is 3.02. The Labute approximate surface area is 113 Å². The van der Waals surface area contributed by atoms with Crippen molar-refractivity contribution in [3.8, 4) is 0 Å². The maximum atomic E-state index is 11.1. The van der Waals surface area contributed by atoms with Gasteiger partial charge in [-0.15, -0.1) is 0 Å². The van der Waals surface area contributed by atoms with Crippen molar-refractivity contribution in [1.82, 2.24) is 0 Å². The summed E-state index contributed by atoms with van der Waals surface area (Å²) in [4.78, 5) is 13.0. The zero-order valence-electron chi connectivity index (χ0n) is 11.2. The van der Waals surface area contributed by atoms with Crippen molar-refractivity contribution in [3.63, 3.8) is 0 Å². The lowest BCUT2D eigenvalue weighted by atomic mass is 10.0. The smallest absolute Gasteiger partial charge is 0.146 e. The molecule has 0 aliphatic carbocycles. The topological polar surface area (TPSA) is 86.8 Å². The molecule has 0 amide bonds. The number of carbonyl (C=O) groups is 1. The predicted molar refractivity (Wildman–Crippen MR) is 75.2 cm³/mol. The number of hydrogen-bond acceptors (Lipinski definition) is 5. The molecule has 0 heterocycles. The van der Waals surface area contributed by atoms with Gasteiger partial charge < -0.3 is 20.8 Å². The lowest BCUT2D eigenvalue weighted by Crippen LogP contribution is -2.31. The van der Waals surface area contributed by atoms with Crippen LogP contribution in [-0.2, 0) is 11.2 Å². The number of Topliss-reactive ketones (excluding diaryl/α,β-unsaturated/α-hetero) is 1. The molecule has 0 unspecified atom stereocenters. The molecule has 0 spiro atoms. The van der Waals surface area contributed by atoms with Crippen LogP contribution < -0.4 is 10.6 Å². The van der Waals surface area contributed by atoms with E-state index in [-0.39, 0.29) is 19.0 Å². The SMILES string of the molecule is CC(=O)[C@H](N)Cc1ccc(N(CCO)CCO)cc1. The van der Waals surface area contributed by atoms with Gasteiger partial charge in [0, 0.05) is 18.8 Å². The van der Waals surface area contributed by atoms with Crippen molar-refractivity contribution in [2.45, 2.75) is 19.4 Å². The molecule has 0 saturated heterocycles. The summed E-state index contributed by atoms with van der Waals surface area (Å²) >= 11 is 0. The van der Waals surface area contributed by atoms with Gasteiger partial charge in [-0.3, -0.25) is 4.79 Å². The van der Waals surface area contributed by atoms with Gasteiger partial charge >= 0.3 is 0 Å². The first-order valence-electron chi connectivity index (χ1n) is 6.40. The van der Waals surface area contributed by atoms with E-state index in [1.165, 1.54) is 6.92 Å². The number of hydrogen-bond donors (Lipinski definition) is 3. The number of nitrogens with two attached hydrogens (primary N) is 1. The Hall–Kier alpha value is -1.43. The van der Waals surface area contributed by atoms with Gasteiger partial charge in [0.15, 0.2) is 0 Å². The lowest BCUT2D eigenvalue weighted by molar-refractivity contribution is -0.118. The molecule has 4 N–H and O–H groups in total. The molecule has 0 aliphatic rings. The van der Waals surface area contributed by atoms with E-state index < -0.39 is 6.04 Å². The van der Waals surface area contributed by atoms with Crippen LogP contribution in [0.3, 0.4) is 0 Å². The second-order valence-electron chi connectivity index (χ2n) is 4.52. The molecule has 5 nitrogen and oxygen atoms in total. The molecular weight excluding hydrogens is 244 g/mol. The average Bonchev–Trinajstić information content (AvgIpc) is 2.39. The molecule has 0 aromatic heterocycles. The van der Waals surface area contributed by atoms with E-state index in [0.717, 1.165) is 11.3 Å². The first-order valence-corrected chi connectivity index (χ1v) is 6.40. The molecule has 5 heteroatoms. The fraction of sp³-hybridized carbons (Fsp3) is 0.500. The highest BCUT2D eigenvalue weighted by atomic mass is 16.3. The molecule has 106 valence electrons. The van der Waals surface area contributed by atoms with Gasteiger partial charge in [0.1, 0.15) is 5.78 Å². The van der Waals surface area contributed by atoms with Crippen molar-refractivity contribution in [2.24, 2.45) is 5.73 Å². The number of aliphatic hydroxyl groups excluding tert-OH is 2. The summed E-state index contributed by atoms with van der Waals surface area (Å²) in [7, 11) is 0. The fourth-order valence-electron chi connectivity index (χ4n) is 1.85. The molecule has 1 atom stereocenters. The maximum Gasteiger partial charge on any atom is 0.146 e. The number of carbonyl (C=O) groups excluding carboxylic acids is 1. The molecular formula is C14H22N2O3. The number of anilines is 1. The van der Waals surface area contributed by atoms with E-state index >= 15 is 0 Å². The highest BCUT2D eigenvalue weighted by Crippen LogP contribution is 2.15. The second-order valence-corrected chi connectivity index (χ2v) is 4.52. The van der Waals surface area contributed by atoms with E-state index in [1.54, 1.807) is 0 Å². The molecule has 0 saturated carbocycles. The molecule has 0 bridgehead atoms.